The third-order valence-electron chi connectivity index (χ3n) is 6.63. The summed E-state index contributed by atoms with van der Waals surface area (Å²) < 4.78 is 0.861. The van der Waals surface area contributed by atoms with E-state index < -0.39 is 131 Å². The second-order valence-electron chi connectivity index (χ2n) is 9.82. The number of nitro groups is 2. The van der Waals surface area contributed by atoms with E-state index in [1.54, 1.807) is 0 Å². The smallest absolute Gasteiger partial charge is 0.374 e. The molecular formula is C22H34N8O16. The number of nitrogens with one attached hydrogen (secondary N) is 4. The van der Waals surface area contributed by atoms with Crippen molar-refractivity contribution in [3.8, 4) is 0 Å². The quantitative estimate of drug-likeness (QED) is 0.0376. The number of anilines is 2. The molecule has 2 rings (SSSR count). The molecule has 0 radical (unpaired) electrons. The maximum Gasteiger partial charge on any atom is 0.374 e. The molecule has 2 aromatic rings. The molecule has 0 amide bonds. The molecule has 0 bridgehead atoms. The predicted octanol–water partition coefficient (Wildman–Crippen LogP) is -6.34. The highest BCUT2D eigenvalue weighted by Gasteiger charge is 2.29. The van der Waals surface area contributed by atoms with Gasteiger partial charge in [-0.2, -0.15) is 0 Å². The van der Waals surface area contributed by atoms with Gasteiger partial charge < -0.3 is 51.5 Å². The molecule has 0 aliphatic carbocycles. The number of rotatable bonds is 19. The molecule has 0 aromatic carbocycles. The van der Waals surface area contributed by atoms with Gasteiger partial charge in [0.05, 0.1) is 35.3 Å². The fourth-order valence-corrected chi connectivity index (χ4v) is 4.05. The van der Waals surface area contributed by atoms with Gasteiger partial charge in [0.2, 0.25) is 0 Å². The molecule has 0 aliphatic heterocycles. The van der Waals surface area contributed by atoms with E-state index in [0.29, 0.717) is 9.13 Å². The van der Waals surface area contributed by atoms with E-state index in [9.17, 15) is 70.0 Å². The van der Waals surface area contributed by atoms with Gasteiger partial charge in [-0.25, -0.2) is 9.59 Å². The number of aliphatic hydroxyl groups excluding tert-OH is 8. The van der Waals surface area contributed by atoms with Crippen molar-refractivity contribution in [3.63, 3.8) is 0 Å². The van der Waals surface area contributed by atoms with Crippen LogP contribution >= 0.6 is 0 Å². The van der Waals surface area contributed by atoms with E-state index in [4.69, 9.17) is 10.2 Å². The first-order valence-corrected chi connectivity index (χ1v) is 13.4. The first-order valence-electron chi connectivity index (χ1n) is 13.4. The highest BCUT2D eigenvalue weighted by atomic mass is 16.6. The molecule has 12 N–H and O–H groups in total. The van der Waals surface area contributed by atoms with Crippen LogP contribution in [-0.4, -0.2) is 133 Å². The summed E-state index contributed by atoms with van der Waals surface area (Å²) >= 11 is 0. The van der Waals surface area contributed by atoms with Crippen LogP contribution in [0.1, 0.15) is 12.8 Å². The Labute approximate surface area is 254 Å². The summed E-state index contributed by atoms with van der Waals surface area (Å²) in [6.45, 7) is -4.18. The lowest BCUT2D eigenvalue weighted by molar-refractivity contribution is -0.386. The highest BCUT2D eigenvalue weighted by Crippen LogP contribution is 2.17. The van der Waals surface area contributed by atoms with Crippen LogP contribution in [-0.2, 0) is 13.1 Å². The first-order chi connectivity index (χ1) is 21.6. The van der Waals surface area contributed by atoms with Gasteiger partial charge in [0, 0.05) is 26.2 Å². The number of aromatic amines is 2. The van der Waals surface area contributed by atoms with Crippen molar-refractivity contribution in [2.24, 2.45) is 0 Å². The number of nitrogens with zero attached hydrogens (tertiary/aromatic N) is 4. The molecule has 0 spiro atoms. The zero-order valence-corrected chi connectivity index (χ0v) is 23.8. The summed E-state index contributed by atoms with van der Waals surface area (Å²) in [4.78, 5) is 75.5. The van der Waals surface area contributed by atoms with Crippen molar-refractivity contribution in [1.29, 1.82) is 0 Å². The van der Waals surface area contributed by atoms with E-state index in [1.165, 1.54) is 0 Å². The Hall–Kier alpha value is -4.56. The van der Waals surface area contributed by atoms with Gasteiger partial charge >= 0.3 is 33.9 Å². The molecule has 0 fully saturated rings. The van der Waals surface area contributed by atoms with Crippen LogP contribution in [0.5, 0.6) is 0 Å². The molecule has 0 aliphatic rings. The van der Waals surface area contributed by atoms with E-state index in [2.05, 4.69) is 10.6 Å². The van der Waals surface area contributed by atoms with Gasteiger partial charge in [0.25, 0.3) is 0 Å². The Morgan fingerprint density at radius 2 is 0.957 bits per heavy atom. The topological polar surface area (TPSA) is 382 Å². The van der Waals surface area contributed by atoms with Gasteiger partial charge in [-0.05, 0) is 12.8 Å². The summed E-state index contributed by atoms with van der Waals surface area (Å²) in [5.41, 5.74) is -7.38. The molecule has 6 atom stereocenters. The molecule has 46 heavy (non-hydrogen) atoms. The number of aromatic nitrogens is 4. The molecule has 24 heteroatoms. The number of unbranched alkanes of at least 4 members (excludes halogenated alkanes) is 1. The van der Waals surface area contributed by atoms with Gasteiger partial charge in [-0.1, -0.05) is 0 Å². The van der Waals surface area contributed by atoms with E-state index in [-0.39, 0.29) is 12.8 Å². The Kier molecular flexibility index (Phi) is 13.6. The Bertz CT molecular complexity index is 1480. The van der Waals surface area contributed by atoms with Gasteiger partial charge in [-0.15, -0.1) is 0 Å². The van der Waals surface area contributed by atoms with Crippen LogP contribution in [0.25, 0.3) is 0 Å². The van der Waals surface area contributed by atoms with Crippen molar-refractivity contribution in [2.75, 3.05) is 36.9 Å². The lowest BCUT2D eigenvalue weighted by Gasteiger charge is -2.22. The summed E-state index contributed by atoms with van der Waals surface area (Å²) in [7, 11) is 0. The third kappa shape index (κ3) is 9.01. The standard InChI is InChI=1S/C22H34N8O16/c31-7-11(35)15(37)9(33)5-23-17-13(29(43)44)19(39)27(21(41)25-17)3-1-2-4-28-20(40)14(30(45)46)18(26-22(28)42)24-6-10(34)16(38)12(36)8-32/h9-12,15-16,23-24,31-38H,1-8H2,(H,25,41)(H,26,42)/t9-,10-,11+,12+,15-,16-/m0/s1. The predicted molar refractivity (Wildman–Crippen MR) is 152 cm³/mol. The molecule has 0 unspecified atom stereocenters. The summed E-state index contributed by atoms with van der Waals surface area (Å²) in [5.74, 6) is -1.46. The maximum absolute atomic E-state index is 12.7. The average molecular weight is 667 g/mol. The van der Waals surface area contributed by atoms with Crippen LogP contribution in [0, 0.1) is 20.2 Å². The van der Waals surface area contributed by atoms with Crippen LogP contribution in [0.3, 0.4) is 0 Å². The first kappa shape index (κ1) is 37.6. The minimum absolute atomic E-state index is 0.159. The number of hydrogen-bond acceptors (Lipinski definition) is 18. The lowest BCUT2D eigenvalue weighted by Crippen LogP contribution is -2.44. The van der Waals surface area contributed by atoms with Gasteiger partial charge in [0.15, 0.2) is 11.6 Å². The average Bonchev–Trinajstić information content (AvgIpc) is 3.00. The monoisotopic (exact) mass is 666 g/mol. The van der Waals surface area contributed by atoms with Gasteiger partial charge in [0.1, 0.15) is 24.4 Å². The summed E-state index contributed by atoms with van der Waals surface area (Å²) in [6, 6.07) is 0. The van der Waals surface area contributed by atoms with Crippen LogP contribution in [0.4, 0.5) is 23.0 Å². The minimum atomic E-state index is -1.88. The second kappa shape index (κ2) is 16.7. The van der Waals surface area contributed by atoms with Gasteiger partial charge in [-0.3, -0.25) is 48.9 Å². The SMILES string of the molecule is O=c1[nH]c(NC[C@H](O)[C@H](O)[C@H](O)CO)c([N+](=O)[O-])c(=O)n1CCCCn1c(=O)[nH]c(NC[C@H](O)[C@H](O)[C@H](O)CO)c([N+](=O)[O-])c1=O. The molecule has 258 valence electrons. The van der Waals surface area contributed by atoms with E-state index >= 15 is 0 Å². The Morgan fingerprint density at radius 3 is 1.24 bits per heavy atom. The molecule has 2 aromatic heterocycles. The third-order valence-corrected chi connectivity index (χ3v) is 6.63. The van der Waals surface area contributed by atoms with Crippen molar-refractivity contribution < 1.29 is 50.7 Å². The van der Waals surface area contributed by atoms with E-state index in [0.717, 1.165) is 0 Å². The summed E-state index contributed by atoms with van der Waals surface area (Å²) in [6.07, 6.45) is -11.2. The fraction of sp³-hybridized carbons (Fsp3) is 0.636. The largest absolute Gasteiger partial charge is 0.394 e. The van der Waals surface area contributed by atoms with E-state index in [1.807, 2.05) is 9.97 Å². The zero-order valence-electron chi connectivity index (χ0n) is 23.8. The number of hydrogen-bond donors (Lipinski definition) is 12. The molecular weight excluding hydrogens is 632 g/mol. The number of aliphatic hydroxyl groups is 8. The lowest BCUT2D eigenvalue weighted by atomic mass is 10.1. The molecule has 24 nitrogen and oxygen atoms in total. The molecule has 0 saturated carbocycles. The van der Waals surface area contributed by atoms with Crippen LogP contribution in [0.15, 0.2) is 19.2 Å². The maximum atomic E-state index is 12.7. The van der Waals surface area contributed by atoms with Crippen LogP contribution < -0.4 is 33.1 Å². The van der Waals surface area contributed by atoms with Crippen molar-refractivity contribution in [1.82, 2.24) is 19.1 Å². The van der Waals surface area contributed by atoms with Crippen molar-refractivity contribution >= 4 is 23.0 Å². The fourth-order valence-electron chi connectivity index (χ4n) is 4.05. The molecule has 2 heterocycles. The highest BCUT2D eigenvalue weighted by molar-refractivity contribution is 5.54. The zero-order chi connectivity index (χ0) is 34.9. The normalized spacial score (nSPS) is 15.4. The minimum Gasteiger partial charge on any atom is -0.394 e. The van der Waals surface area contributed by atoms with Crippen LogP contribution in [0.2, 0.25) is 0 Å². The Morgan fingerprint density at radius 1 is 0.630 bits per heavy atom. The Balaban J connectivity index is 2.19. The molecule has 0 saturated heterocycles. The summed E-state index contributed by atoms with van der Waals surface area (Å²) in [5, 5.41) is 103. The van der Waals surface area contributed by atoms with Crippen molar-refractivity contribution in [2.45, 2.75) is 62.6 Å². The second-order valence-corrected chi connectivity index (χ2v) is 9.82. The van der Waals surface area contributed by atoms with Crippen molar-refractivity contribution in [3.05, 3.63) is 61.9 Å². The number of H-pyrrole nitrogens is 2.